The highest BCUT2D eigenvalue weighted by Gasteiger charge is 2.20. The molecule has 0 saturated carbocycles. The molecule has 2 aromatic carbocycles. The van der Waals surface area contributed by atoms with Gasteiger partial charge in [-0.05, 0) is 29.8 Å². The number of fused-ring (bicyclic) bond motifs is 1. The average molecular weight is 373 g/mol. The number of halogens is 2. The maximum atomic E-state index is 13.8. The molecule has 2 heterocycles. The van der Waals surface area contributed by atoms with Gasteiger partial charge >= 0.3 is 0 Å². The summed E-state index contributed by atoms with van der Waals surface area (Å²) in [6.45, 7) is 4.92. The number of aromatic nitrogens is 1. The van der Waals surface area contributed by atoms with E-state index in [0.717, 1.165) is 42.8 Å². The first-order valence-corrected chi connectivity index (χ1v) is 8.93. The molecule has 0 bridgehead atoms. The molecule has 0 atom stereocenters. The molecule has 1 aliphatic rings. The molecule has 3 aromatic rings. The first kappa shape index (κ1) is 17.9. The molecule has 142 valence electrons. The van der Waals surface area contributed by atoms with Gasteiger partial charge in [-0.15, -0.1) is 0 Å². The molecule has 0 aliphatic carbocycles. The van der Waals surface area contributed by atoms with Crippen LogP contribution in [0.15, 0.2) is 40.9 Å². The second-order valence-electron chi connectivity index (χ2n) is 6.79. The molecule has 0 amide bonds. The lowest BCUT2D eigenvalue weighted by atomic mass is 10.1. The number of hydrogen-bond donors (Lipinski definition) is 0. The van der Waals surface area contributed by atoms with Crippen molar-refractivity contribution in [1.82, 2.24) is 15.0 Å². The van der Waals surface area contributed by atoms with Gasteiger partial charge in [-0.1, -0.05) is 11.2 Å². The Morgan fingerprint density at radius 2 is 1.74 bits per heavy atom. The third-order valence-corrected chi connectivity index (χ3v) is 4.97. The molecular weight excluding hydrogens is 352 g/mol. The minimum absolute atomic E-state index is 0.267. The molecule has 0 spiro atoms. The largest absolute Gasteiger partial charge is 0.494 e. The minimum Gasteiger partial charge on any atom is -0.494 e. The topological polar surface area (TPSA) is 41.7 Å². The maximum absolute atomic E-state index is 13.8. The number of ether oxygens (including phenoxy) is 1. The van der Waals surface area contributed by atoms with E-state index < -0.39 is 0 Å². The molecule has 1 aliphatic heterocycles. The van der Waals surface area contributed by atoms with Crippen molar-refractivity contribution in [2.75, 3.05) is 33.3 Å². The molecule has 4 rings (SSSR count). The van der Waals surface area contributed by atoms with Crippen molar-refractivity contribution < 1.29 is 18.0 Å². The van der Waals surface area contributed by atoms with Crippen LogP contribution in [-0.4, -0.2) is 48.2 Å². The normalized spacial score (nSPS) is 16.1. The van der Waals surface area contributed by atoms with E-state index in [1.165, 1.54) is 25.3 Å². The lowest BCUT2D eigenvalue weighted by molar-refractivity contribution is 0.120. The van der Waals surface area contributed by atoms with Gasteiger partial charge in [-0.2, -0.15) is 0 Å². The number of hydrogen-bond acceptors (Lipinski definition) is 5. The van der Waals surface area contributed by atoms with Crippen LogP contribution in [0.2, 0.25) is 0 Å². The zero-order valence-corrected chi connectivity index (χ0v) is 15.1. The lowest BCUT2D eigenvalue weighted by Crippen LogP contribution is -2.45. The van der Waals surface area contributed by atoms with Gasteiger partial charge < -0.3 is 9.26 Å². The molecule has 27 heavy (non-hydrogen) atoms. The quantitative estimate of drug-likeness (QED) is 0.685. The predicted molar refractivity (Wildman–Crippen MR) is 97.5 cm³/mol. The number of rotatable bonds is 5. The van der Waals surface area contributed by atoms with Gasteiger partial charge in [0.2, 0.25) is 0 Å². The Bertz CT molecular complexity index is 936. The number of nitrogens with zero attached hydrogens (tertiary/aromatic N) is 3. The molecule has 5 nitrogen and oxygen atoms in total. The van der Waals surface area contributed by atoms with Gasteiger partial charge in [0.1, 0.15) is 11.5 Å². The Kier molecular flexibility index (Phi) is 5.05. The SMILES string of the molecule is COc1ccc(CN2CCN(Cc3noc4cc(F)ccc34)CC2)cc1F. The number of piperazine rings is 1. The summed E-state index contributed by atoms with van der Waals surface area (Å²) in [5.41, 5.74) is 2.24. The van der Waals surface area contributed by atoms with Crippen LogP contribution < -0.4 is 4.74 Å². The Labute approximate surface area is 156 Å². The van der Waals surface area contributed by atoms with Crippen molar-refractivity contribution in [1.29, 1.82) is 0 Å². The zero-order valence-electron chi connectivity index (χ0n) is 15.1. The summed E-state index contributed by atoms with van der Waals surface area (Å²) in [7, 11) is 1.46. The second-order valence-corrected chi connectivity index (χ2v) is 6.79. The Morgan fingerprint density at radius 3 is 2.44 bits per heavy atom. The van der Waals surface area contributed by atoms with Gasteiger partial charge in [0.25, 0.3) is 0 Å². The van der Waals surface area contributed by atoms with Gasteiger partial charge in [0.05, 0.1) is 7.11 Å². The molecule has 1 saturated heterocycles. The van der Waals surface area contributed by atoms with Crippen molar-refractivity contribution in [2.45, 2.75) is 13.1 Å². The summed E-state index contributed by atoms with van der Waals surface area (Å²) in [5.74, 6) is -0.389. The van der Waals surface area contributed by atoms with Gasteiger partial charge in [0.15, 0.2) is 17.1 Å². The van der Waals surface area contributed by atoms with Crippen molar-refractivity contribution >= 4 is 11.0 Å². The third kappa shape index (κ3) is 3.94. The van der Waals surface area contributed by atoms with Crippen LogP contribution in [-0.2, 0) is 13.1 Å². The molecule has 1 aromatic heterocycles. The van der Waals surface area contributed by atoms with Crippen LogP contribution >= 0.6 is 0 Å². The smallest absolute Gasteiger partial charge is 0.170 e. The van der Waals surface area contributed by atoms with E-state index in [1.54, 1.807) is 12.1 Å². The summed E-state index contributed by atoms with van der Waals surface area (Å²) in [4.78, 5) is 4.60. The van der Waals surface area contributed by atoms with Crippen LogP contribution in [0.5, 0.6) is 5.75 Å². The Balaban J connectivity index is 1.34. The highest BCUT2D eigenvalue weighted by molar-refractivity contribution is 5.79. The standard InChI is InChI=1S/C20H21F2N3O2/c1-26-19-5-2-14(10-17(19)22)12-24-6-8-25(9-7-24)13-18-16-4-3-15(21)11-20(16)27-23-18/h2-5,10-11H,6-9,12-13H2,1H3. The minimum atomic E-state index is -0.331. The van der Waals surface area contributed by atoms with Crippen molar-refractivity contribution in [3.05, 3.63) is 59.3 Å². The molecule has 0 N–H and O–H groups in total. The third-order valence-electron chi connectivity index (χ3n) is 4.97. The van der Waals surface area contributed by atoms with Crippen LogP contribution in [0.1, 0.15) is 11.3 Å². The first-order valence-electron chi connectivity index (χ1n) is 8.93. The summed E-state index contributed by atoms with van der Waals surface area (Å²) < 4.78 is 37.3. The highest BCUT2D eigenvalue weighted by atomic mass is 19.1. The number of benzene rings is 2. The van der Waals surface area contributed by atoms with E-state index >= 15 is 0 Å². The fraction of sp³-hybridized carbons (Fsp3) is 0.350. The van der Waals surface area contributed by atoms with E-state index in [0.29, 0.717) is 18.7 Å². The zero-order chi connectivity index (χ0) is 18.8. The van der Waals surface area contributed by atoms with Crippen molar-refractivity contribution in [3.8, 4) is 5.75 Å². The fourth-order valence-electron chi connectivity index (χ4n) is 3.46. The highest BCUT2D eigenvalue weighted by Crippen LogP contribution is 2.22. The second kappa shape index (κ2) is 7.62. The van der Waals surface area contributed by atoms with Crippen molar-refractivity contribution in [3.63, 3.8) is 0 Å². The van der Waals surface area contributed by atoms with Gasteiger partial charge in [0, 0.05) is 50.7 Å². The van der Waals surface area contributed by atoms with Gasteiger partial charge in [-0.25, -0.2) is 8.78 Å². The predicted octanol–water partition coefficient (Wildman–Crippen LogP) is 3.43. The molecular formula is C20H21F2N3O2. The summed E-state index contributed by atoms with van der Waals surface area (Å²) in [6, 6.07) is 9.60. The van der Waals surface area contributed by atoms with E-state index in [9.17, 15) is 8.78 Å². The summed E-state index contributed by atoms with van der Waals surface area (Å²) >= 11 is 0. The Hall–Kier alpha value is -2.51. The van der Waals surface area contributed by atoms with E-state index in [4.69, 9.17) is 9.26 Å². The fourth-order valence-corrected chi connectivity index (χ4v) is 3.46. The average Bonchev–Trinajstić information content (AvgIpc) is 3.05. The summed E-state index contributed by atoms with van der Waals surface area (Å²) in [6.07, 6.45) is 0. The van der Waals surface area contributed by atoms with Crippen molar-refractivity contribution in [2.24, 2.45) is 0 Å². The van der Waals surface area contributed by atoms with E-state index in [2.05, 4.69) is 15.0 Å². The Morgan fingerprint density at radius 1 is 1.00 bits per heavy atom. The molecule has 1 fully saturated rings. The van der Waals surface area contributed by atoms with Crippen LogP contribution in [0.4, 0.5) is 8.78 Å². The summed E-state index contributed by atoms with van der Waals surface area (Å²) in [5, 5.41) is 4.95. The number of methoxy groups -OCH3 is 1. The van der Waals surface area contributed by atoms with E-state index in [1.807, 2.05) is 6.07 Å². The maximum Gasteiger partial charge on any atom is 0.170 e. The van der Waals surface area contributed by atoms with Crippen LogP contribution in [0, 0.1) is 11.6 Å². The molecule has 7 heteroatoms. The first-order chi connectivity index (χ1) is 13.1. The molecule has 0 radical (unpaired) electrons. The van der Waals surface area contributed by atoms with Crippen LogP contribution in [0.3, 0.4) is 0 Å². The van der Waals surface area contributed by atoms with Crippen LogP contribution in [0.25, 0.3) is 11.0 Å². The van der Waals surface area contributed by atoms with E-state index in [-0.39, 0.29) is 17.4 Å². The van der Waals surface area contributed by atoms with Gasteiger partial charge in [-0.3, -0.25) is 9.80 Å². The molecule has 0 unspecified atom stereocenters. The lowest BCUT2D eigenvalue weighted by Gasteiger charge is -2.34. The monoisotopic (exact) mass is 373 g/mol.